The van der Waals surface area contributed by atoms with Crippen molar-refractivity contribution in [2.45, 2.75) is 17.2 Å². The number of carbonyl (C=O) groups excluding carboxylic acids is 1. The number of aromatic nitrogens is 2. The van der Waals surface area contributed by atoms with Crippen LogP contribution in [0.25, 0.3) is 0 Å². The third kappa shape index (κ3) is 4.31. The lowest BCUT2D eigenvalue weighted by molar-refractivity contribution is 0.0982. The van der Waals surface area contributed by atoms with Crippen molar-refractivity contribution < 1.29 is 4.79 Å². The van der Waals surface area contributed by atoms with Gasteiger partial charge in [0, 0.05) is 31.8 Å². The monoisotopic (exact) mass is 307 g/mol. The fourth-order valence-electron chi connectivity index (χ4n) is 1.60. The number of rotatable bonds is 7. The number of nitrogens with zero attached hydrogens (tertiary/aromatic N) is 3. The zero-order valence-corrected chi connectivity index (χ0v) is 13.2. The predicted octanol–water partition coefficient (Wildman–Crippen LogP) is 3.36. The molecule has 0 radical (unpaired) electrons. The van der Waals surface area contributed by atoms with Crippen LogP contribution < -0.4 is 4.90 Å². The van der Waals surface area contributed by atoms with Gasteiger partial charge in [0.15, 0.2) is 10.1 Å². The lowest BCUT2D eigenvalue weighted by Gasteiger charge is -2.03. The van der Waals surface area contributed by atoms with Gasteiger partial charge in [-0.15, -0.1) is 10.2 Å². The van der Waals surface area contributed by atoms with Crippen molar-refractivity contribution in [1.29, 1.82) is 0 Å². The van der Waals surface area contributed by atoms with E-state index in [0.29, 0.717) is 6.42 Å². The Morgan fingerprint density at radius 3 is 2.65 bits per heavy atom. The summed E-state index contributed by atoms with van der Waals surface area (Å²) in [5, 5.41) is 9.11. The van der Waals surface area contributed by atoms with E-state index >= 15 is 0 Å². The average molecular weight is 307 g/mol. The topological polar surface area (TPSA) is 46.1 Å². The van der Waals surface area contributed by atoms with Crippen molar-refractivity contribution in [2.24, 2.45) is 0 Å². The maximum absolute atomic E-state index is 11.9. The van der Waals surface area contributed by atoms with Crippen molar-refractivity contribution in [3.8, 4) is 0 Å². The Hall–Kier alpha value is -1.40. The van der Waals surface area contributed by atoms with Gasteiger partial charge in [-0.2, -0.15) is 0 Å². The van der Waals surface area contributed by atoms with Gasteiger partial charge in [0.25, 0.3) is 0 Å². The fourth-order valence-corrected chi connectivity index (χ4v) is 3.38. The van der Waals surface area contributed by atoms with Crippen molar-refractivity contribution in [1.82, 2.24) is 10.2 Å². The molecule has 4 nitrogen and oxygen atoms in total. The first-order chi connectivity index (χ1) is 9.66. The first-order valence-corrected chi connectivity index (χ1v) is 8.19. The van der Waals surface area contributed by atoms with Crippen LogP contribution in [0.2, 0.25) is 0 Å². The molecule has 1 aromatic carbocycles. The van der Waals surface area contributed by atoms with Crippen molar-refractivity contribution in [3.63, 3.8) is 0 Å². The summed E-state index contributed by atoms with van der Waals surface area (Å²) in [6.07, 6.45) is 1.44. The zero-order chi connectivity index (χ0) is 14.4. The molecule has 0 saturated heterocycles. The van der Waals surface area contributed by atoms with E-state index in [1.807, 2.05) is 49.3 Å². The highest BCUT2D eigenvalue weighted by Gasteiger charge is 2.08. The van der Waals surface area contributed by atoms with Crippen LogP contribution in [0.4, 0.5) is 5.13 Å². The Morgan fingerprint density at radius 2 is 2.00 bits per heavy atom. The quantitative estimate of drug-likeness (QED) is 0.446. The van der Waals surface area contributed by atoms with E-state index < -0.39 is 0 Å². The van der Waals surface area contributed by atoms with Crippen LogP contribution in [-0.2, 0) is 0 Å². The Balaban J connectivity index is 1.72. The lowest BCUT2D eigenvalue weighted by atomic mass is 10.1. The molecular formula is C14H17N3OS2. The summed E-state index contributed by atoms with van der Waals surface area (Å²) in [7, 11) is 3.90. The molecule has 0 bridgehead atoms. The minimum atomic E-state index is 0.206. The standard InChI is InChI=1S/C14H17N3OS2/c1-17(2)13-15-16-14(20-13)19-10-6-9-12(18)11-7-4-3-5-8-11/h3-5,7-8H,6,9-10H2,1-2H3. The third-order valence-electron chi connectivity index (χ3n) is 2.65. The first kappa shape index (κ1) is 15.0. The normalized spacial score (nSPS) is 10.5. The molecule has 0 saturated carbocycles. The molecule has 0 aliphatic carbocycles. The molecule has 0 atom stereocenters. The Morgan fingerprint density at radius 1 is 1.25 bits per heavy atom. The van der Waals surface area contributed by atoms with Crippen molar-refractivity contribution in [3.05, 3.63) is 35.9 Å². The van der Waals surface area contributed by atoms with E-state index in [-0.39, 0.29) is 5.78 Å². The minimum Gasteiger partial charge on any atom is -0.353 e. The van der Waals surface area contributed by atoms with Gasteiger partial charge in [0.2, 0.25) is 5.13 Å². The molecule has 20 heavy (non-hydrogen) atoms. The van der Waals surface area contributed by atoms with Gasteiger partial charge in [0.05, 0.1) is 0 Å². The van der Waals surface area contributed by atoms with Gasteiger partial charge in [-0.25, -0.2) is 0 Å². The highest BCUT2D eigenvalue weighted by molar-refractivity contribution is 8.01. The molecule has 2 rings (SSSR count). The fraction of sp³-hybridized carbons (Fsp3) is 0.357. The second-order valence-corrected chi connectivity index (χ2v) is 6.78. The van der Waals surface area contributed by atoms with E-state index in [1.54, 1.807) is 23.1 Å². The molecule has 6 heteroatoms. The van der Waals surface area contributed by atoms with Gasteiger partial charge in [-0.3, -0.25) is 4.79 Å². The number of benzene rings is 1. The van der Waals surface area contributed by atoms with Crippen molar-refractivity contribution in [2.75, 3.05) is 24.7 Å². The molecule has 1 heterocycles. The van der Waals surface area contributed by atoms with Crippen LogP contribution in [0.3, 0.4) is 0 Å². The maximum Gasteiger partial charge on any atom is 0.208 e. The molecule has 0 aliphatic rings. The van der Waals surface area contributed by atoms with Crippen LogP contribution in [0.15, 0.2) is 34.7 Å². The second kappa shape index (κ2) is 7.40. The third-order valence-corrected chi connectivity index (χ3v) is 4.96. The van der Waals surface area contributed by atoms with Crippen LogP contribution in [0.5, 0.6) is 0 Å². The number of ketones is 1. The highest BCUT2D eigenvalue weighted by Crippen LogP contribution is 2.27. The lowest BCUT2D eigenvalue weighted by Crippen LogP contribution is -2.07. The SMILES string of the molecule is CN(C)c1nnc(SCCCC(=O)c2ccccc2)s1. The zero-order valence-electron chi connectivity index (χ0n) is 11.6. The summed E-state index contributed by atoms with van der Waals surface area (Å²) < 4.78 is 0.959. The van der Waals surface area contributed by atoms with Crippen molar-refractivity contribution >= 4 is 34.0 Å². The first-order valence-electron chi connectivity index (χ1n) is 6.38. The molecule has 2 aromatic rings. The smallest absolute Gasteiger partial charge is 0.208 e. The predicted molar refractivity (Wildman–Crippen MR) is 85.0 cm³/mol. The highest BCUT2D eigenvalue weighted by atomic mass is 32.2. The van der Waals surface area contributed by atoms with Crippen LogP contribution in [0.1, 0.15) is 23.2 Å². The number of anilines is 1. The van der Waals surface area contributed by atoms with E-state index in [9.17, 15) is 4.79 Å². The Labute approximate surface area is 127 Å². The van der Waals surface area contributed by atoms with Crippen LogP contribution in [0, 0.1) is 0 Å². The number of carbonyl (C=O) groups is 1. The van der Waals surface area contributed by atoms with E-state index in [1.165, 1.54) is 0 Å². The van der Waals surface area contributed by atoms with Crippen LogP contribution >= 0.6 is 23.1 Å². The molecular weight excluding hydrogens is 290 g/mol. The molecule has 0 amide bonds. The molecule has 1 aromatic heterocycles. The summed E-state index contributed by atoms with van der Waals surface area (Å²) in [6.45, 7) is 0. The number of thioether (sulfide) groups is 1. The van der Waals surface area contributed by atoms with Gasteiger partial charge in [-0.1, -0.05) is 53.4 Å². The number of Topliss-reactive ketones (excluding diaryl/α,β-unsaturated/α-hetero) is 1. The average Bonchev–Trinajstić information content (AvgIpc) is 2.93. The van der Waals surface area contributed by atoms with Gasteiger partial charge in [0.1, 0.15) is 0 Å². The van der Waals surface area contributed by atoms with Gasteiger partial charge >= 0.3 is 0 Å². The van der Waals surface area contributed by atoms with E-state index in [4.69, 9.17) is 0 Å². The summed E-state index contributed by atoms with van der Waals surface area (Å²) in [5.41, 5.74) is 0.795. The largest absolute Gasteiger partial charge is 0.353 e. The Bertz CT molecular complexity index is 555. The number of hydrogen-bond donors (Lipinski definition) is 0. The summed E-state index contributed by atoms with van der Waals surface area (Å²) in [5.74, 6) is 1.10. The molecule has 0 N–H and O–H groups in total. The summed E-state index contributed by atoms with van der Waals surface area (Å²) >= 11 is 3.24. The summed E-state index contributed by atoms with van der Waals surface area (Å²) in [4.78, 5) is 13.9. The molecule has 0 spiro atoms. The Kier molecular flexibility index (Phi) is 5.55. The molecule has 106 valence electrons. The summed E-state index contributed by atoms with van der Waals surface area (Å²) in [6, 6.07) is 9.44. The van der Waals surface area contributed by atoms with E-state index in [0.717, 1.165) is 27.2 Å². The molecule has 0 aliphatic heterocycles. The second-order valence-electron chi connectivity index (χ2n) is 4.49. The molecule has 0 fully saturated rings. The molecule has 0 unspecified atom stereocenters. The van der Waals surface area contributed by atoms with E-state index in [2.05, 4.69) is 10.2 Å². The number of hydrogen-bond acceptors (Lipinski definition) is 6. The maximum atomic E-state index is 11.9. The van der Waals surface area contributed by atoms with Gasteiger partial charge < -0.3 is 4.90 Å². The minimum absolute atomic E-state index is 0.206. The van der Waals surface area contributed by atoms with Crippen LogP contribution in [-0.4, -0.2) is 35.8 Å². The van der Waals surface area contributed by atoms with Gasteiger partial charge in [-0.05, 0) is 6.42 Å².